The van der Waals surface area contributed by atoms with Crippen LogP contribution in [0, 0.1) is 10.1 Å². The van der Waals surface area contributed by atoms with E-state index in [0.29, 0.717) is 18.8 Å². The predicted molar refractivity (Wildman–Crippen MR) is 122 cm³/mol. The monoisotopic (exact) mass is 439 g/mol. The molecule has 31 heavy (non-hydrogen) atoms. The van der Waals surface area contributed by atoms with E-state index in [-0.39, 0.29) is 16.6 Å². The normalized spacial score (nSPS) is 16.2. The summed E-state index contributed by atoms with van der Waals surface area (Å²) < 4.78 is 27.3. The van der Waals surface area contributed by atoms with Crippen molar-refractivity contribution >= 4 is 32.2 Å². The van der Waals surface area contributed by atoms with Gasteiger partial charge in [-0.05, 0) is 48.2 Å². The number of anilines is 1. The molecule has 1 aliphatic heterocycles. The Kier molecular flexibility index (Phi) is 5.93. The zero-order chi connectivity index (χ0) is 22.0. The first kappa shape index (κ1) is 21.3. The fourth-order valence-corrected chi connectivity index (χ4v) is 5.68. The van der Waals surface area contributed by atoms with Crippen molar-refractivity contribution in [1.82, 2.24) is 4.31 Å². The average molecular weight is 440 g/mol. The lowest BCUT2D eigenvalue weighted by Crippen LogP contribution is -2.35. The molecule has 0 aromatic heterocycles. The highest BCUT2D eigenvalue weighted by atomic mass is 32.2. The minimum Gasteiger partial charge on any atom is -0.373 e. The van der Waals surface area contributed by atoms with Gasteiger partial charge in [-0.2, -0.15) is 4.31 Å². The van der Waals surface area contributed by atoms with Crippen LogP contribution in [0.1, 0.15) is 37.8 Å². The first-order chi connectivity index (χ1) is 14.9. The Balaban J connectivity index is 1.66. The van der Waals surface area contributed by atoms with Crippen LogP contribution < -0.4 is 5.32 Å². The Morgan fingerprint density at radius 1 is 1.00 bits per heavy atom. The third-order valence-electron chi connectivity index (χ3n) is 5.78. The standard InChI is InChI=1S/C23H25N3O4S/c1-17(20-11-7-9-18-8-3-4-10-21(18)20)24-22-13-12-19(16-23(22)26(27)28)31(29,30)25-14-5-2-6-15-25/h3-4,7-13,16-17,24H,2,5-6,14-15H2,1H3. The second-order valence-corrected chi connectivity index (χ2v) is 9.77. The maximum absolute atomic E-state index is 12.9. The summed E-state index contributed by atoms with van der Waals surface area (Å²) >= 11 is 0. The topological polar surface area (TPSA) is 92.6 Å². The first-order valence-electron chi connectivity index (χ1n) is 10.4. The zero-order valence-electron chi connectivity index (χ0n) is 17.3. The minimum atomic E-state index is -3.74. The summed E-state index contributed by atoms with van der Waals surface area (Å²) in [5.41, 5.74) is 1.06. The van der Waals surface area contributed by atoms with Gasteiger partial charge in [0.15, 0.2) is 0 Å². The average Bonchev–Trinajstić information content (AvgIpc) is 2.79. The molecule has 162 valence electrons. The molecule has 8 heteroatoms. The molecule has 1 N–H and O–H groups in total. The molecule has 3 aromatic carbocycles. The van der Waals surface area contributed by atoms with Crippen LogP contribution in [-0.2, 0) is 10.0 Å². The van der Waals surface area contributed by atoms with E-state index < -0.39 is 14.9 Å². The molecule has 1 saturated heterocycles. The minimum absolute atomic E-state index is 0.0375. The largest absolute Gasteiger partial charge is 0.373 e. The van der Waals surface area contributed by atoms with Crippen LogP contribution in [0.15, 0.2) is 65.6 Å². The number of nitro groups is 1. The number of nitro benzene ring substituents is 1. The van der Waals surface area contributed by atoms with Gasteiger partial charge in [-0.3, -0.25) is 10.1 Å². The summed E-state index contributed by atoms with van der Waals surface area (Å²) in [5.74, 6) is 0. The van der Waals surface area contributed by atoms with E-state index in [4.69, 9.17) is 0 Å². The molecule has 1 atom stereocenters. The van der Waals surface area contributed by atoms with Crippen molar-refractivity contribution < 1.29 is 13.3 Å². The lowest BCUT2D eigenvalue weighted by Gasteiger charge is -2.26. The smallest absolute Gasteiger partial charge is 0.293 e. The third kappa shape index (κ3) is 4.26. The van der Waals surface area contributed by atoms with Crippen LogP contribution in [-0.4, -0.2) is 30.7 Å². The summed E-state index contributed by atoms with van der Waals surface area (Å²) in [7, 11) is -3.74. The summed E-state index contributed by atoms with van der Waals surface area (Å²) in [4.78, 5) is 11.2. The summed E-state index contributed by atoms with van der Waals surface area (Å²) in [5, 5.41) is 17.1. The maximum Gasteiger partial charge on any atom is 0.293 e. The molecule has 1 unspecified atom stereocenters. The zero-order valence-corrected chi connectivity index (χ0v) is 18.1. The maximum atomic E-state index is 12.9. The number of hydrogen-bond acceptors (Lipinski definition) is 5. The van der Waals surface area contributed by atoms with Gasteiger partial charge in [-0.25, -0.2) is 8.42 Å². The van der Waals surface area contributed by atoms with Gasteiger partial charge in [-0.15, -0.1) is 0 Å². The Bertz CT molecular complexity index is 1220. The lowest BCUT2D eigenvalue weighted by atomic mass is 9.99. The molecular weight excluding hydrogens is 414 g/mol. The van der Waals surface area contributed by atoms with Crippen molar-refractivity contribution in [1.29, 1.82) is 0 Å². The molecule has 0 saturated carbocycles. The molecule has 0 radical (unpaired) electrons. The predicted octanol–water partition coefficient (Wildman–Crippen LogP) is 5.10. The van der Waals surface area contributed by atoms with Crippen LogP contribution in [0.5, 0.6) is 0 Å². The molecule has 0 aliphatic carbocycles. The van der Waals surface area contributed by atoms with Crippen molar-refractivity contribution in [3.8, 4) is 0 Å². The third-order valence-corrected chi connectivity index (χ3v) is 7.68. The SMILES string of the molecule is CC(Nc1ccc(S(=O)(=O)N2CCCCC2)cc1[N+](=O)[O-])c1cccc2ccccc12. The van der Waals surface area contributed by atoms with Gasteiger partial charge in [0, 0.05) is 25.2 Å². The Labute approximate surface area is 181 Å². The summed E-state index contributed by atoms with van der Waals surface area (Å²) in [6, 6.07) is 17.8. The van der Waals surface area contributed by atoms with Crippen LogP contribution in [0.4, 0.5) is 11.4 Å². The van der Waals surface area contributed by atoms with Crippen molar-refractivity contribution in [2.75, 3.05) is 18.4 Å². The van der Waals surface area contributed by atoms with Gasteiger partial charge < -0.3 is 5.32 Å². The van der Waals surface area contributed by atoms with Gasteiger partial charge in [0.05, 0.1) is 9.82 Å². The Morgan fingerprint density at radius 2 is 1.71 bits per heavy atom. The van der Waals surface area contributed by atoms with Crippen LogP contribution in [0.25, 0.3) is 10.8 Å². The molecule has 1 fully saturated rings. The van der Waals surface area contributed by atoms with Crippen molar-refractivity contribution in [2.45, 2.75) is 37.1 Å². The number of sulfonamides is 1. The van der Waals surface area contributed by atoms with Gasteiger partial charge in [0.25, 0.3) is 5.69 Å². The van der Waals surface area contributed by atoms with Crippen molar-refractivity contribution in [3.05, 3.63) is 76.3 Å². The van der Waals surface area contributed by atoms with Gasteiger partial charge in [-0.1, -0.05) is 48.9 Å². The second kappa shape index (κ2) is 8.64. The molecule has 4 rings (SSSR count). The van der Waals surface area contributed by atoms with E-state index in [1.165, 1.54) is 22.5 Å². The summed E-state index contributed by atoms with van der Waals surface area (Å²) in [6.07, 6.45) is 2.62. The molecule has 0 amide bonds. The molecule has 3 aromatic rings. The van der Waals surface area contributed by atoms with E-state index >= 15 is 0 Å². The fraction of sp³-hybridized carbons (Fsp3) is 0.304. The molecule has 7 nitrogen and oxygen atoms in total. The number of nitrogens with zero attached hydrogens (tertiary/aromatic N) is 2. The highest BCUT2D eigenvalue weighted by molar-refractivity contribution is 7.89. The molecule has 1 heterocycles. The Hall–Kier alpha value is -2.97. The highest BCUT2D eigenvalue weighted by Gasteiger charge is 2.29. The van der Waals surface area contributed by atoms with Crippen LogP contribution >= 0.6 is 0 Å². The van der Waals surface area contributed by atoms with Crippen molar-refractivity contribution in [3.63, 3.8) is 0 Å². The molecule has 0 spiro atoms. The molecular formula is C23H25N3O4S. The van der Waals surface area contributed by atoms with Crippen LogP contribution in [0.3, 0.4) is 0 Å². The van der Waals surface area contributed by atoms with E-state index in [0.717, 1.165) is 35.6 Å². The number of piperidine rings is 1. The highest BCUT2D eigenvalue weighted by Crippen LogP contribution is 2.33. The van der Waals surface area contributed by atoms with Crippen molar-refractivity contribution in [2.24, 2.45) is 0 Å². The number of benzene rings is 3. The lowest BCUT2D eigenvalue weighted by molar-refractivity contribution is -0.384. The number of nitrogens with one attached hydrogen (secondary N) is 1. The van der Waals surface area contributed by atoms with E-state index in [1.54, 1.807) is 0 Å². The number of fused-ring (bicyclic) bond motifs is 1. The quantitative estimate of drug-likeness (QED) is 0.426. The fourth-order valence-electron chi connectivity index (χ4n) is 4.14. The van der Waals surface area contributed by atoms with E-state index in [1.807, 2.05) is 49.4 Å². The van der Waals surface area contributed by atoms with E-state index in [9.17, 15) is 18.5 Å². The van der Waals surface area contributed by atoms with Gasteiger partial charge >= 0.3 is 0 Å². The number of rotatable bonds is 6. The van der Waals surface area contributed by atoms with Crippen LogP contribution in [0.2, 0.25) is 0 Å². The van der Waals surface area contributed by atoms with Gasteiger partial charge in [0.1, 0.15) is 5.69 Å². The number of hydrogen-bond donors (Lipinski definition) is 1. The first-order valence-corrected chi connectivity index (χ1v) is 11.8. The second-order valence-electron chi connectivity index (χ2n) is 7.84. The Morgan fingerprint density at radius 3 is 2.45 bits per heavy atom. The molecule has 1 aliphatic rings. The summed E-state index contributed by atoms with van der Waals surface area (Å²) in [6.45, 7) is 2.84. The van der Waals surface area contributed by atoms with Gasteiger partial charge in [0.2, 0.25) is 10.0 Å². The van der Waals surface area contributed by atoms with E-state index in [2.05, 4.69) is 5.32 Å². The molecule has 0 bridgehead atoms.